The largest absolute Gasteiger partial charge is 0.733 e. The van der Waals surface area contributed by atoms with Gasteiger partial charge in [0.1, 0.15) is 0 Å². The van der Waals surface area contributed by atoms with E-state index in [0.717, 1.165) is 18.4 Å². The summed E-state index contributed by atoms with van der Waals surface area (Å²) < 4.78 is 0. The SMILES string of the molecule is [O-]N(O)c1ccccc1C[C@H]1C[C@H]1Cl. The third kappa shape index (κ3) is 2.00. The smallest absolute Gasteiger partial charge is 0.0540 e. The Bertz CT molecular complexity index is 330. The van der Waals surface area contributed by atoms with Crippen molar-refractivity contribution in [3.63, 3.8) is 0 Å². The summed E-state index contributed by atoms with van der Waals surface area (Å²) in [5, 5.41) is 19.8. The van der Waals surface area contributed by atoms with Crippen LogP contribution in [-0.2, 0) is 6.42 Å². The Balaban J connectivity index is 2.15. The van der Waals surface area contributed by atoms with E-state index in [0.29, 0.717) is 11.6 Å². The summed E-state index contributed by atoms with van der Waals surface area (Å²) in [7, 11) is 0. The van der Waals surface area contributed by atoms with Crippen molar-refractivity contribution in [2.24, 2.45) is 5.92 Å². The van der Waals surface area contributed by atoms with Gasteiger partial charge in [-0.05, 0) is 30.4 Å². The summed E-state index contributed by atoms with van der Waals surface area (Å²) in [6, 6.07) is 7.03. The third-order valence-electron chi connectivity index (χ3n) is 2.52. The second kappa shape index (κ2) is 3.77. The molecule has 0 amide bonds. The van der Waals surface area contributed by atoms with Crippen molar-refractivity contribution in [1.82, 2.24) is 0 Å². The lowest BCUT2D eigenvalue weighted by Crippen LogP contribution is -2.10. The zero-order valence-corrected chi connectivity index (χ0v) is 8.31. The van der Waals surface area contributed by atoms with Crippen LogP contribution in [0.25, 0.3) is 0 Å². The zero-order valence-electron chi connectivity index (χ0n) is 7.56. The summed E-state index contributed by atoms with van der Waals surface area (Å²) >= 11 is 5.88. The first-order valence-corrected chi connectivity index (χ1v) is 5.00. The molecule has 76 valence electrons. The molecule has 1 aromatic carbocycles. The van der Waals surface area contributed by atoms with Crippen LogP contribution in [0, 0.1) is 11.1 Å². The molecule has 14 heavy (non-hydrogen) atoms. The van der Waals surface area contributed by atoms with Crippen LogP contribution >= 0.6 is 11.6 Å². The molecule has 3 nitrogen and oxygen atoms in total. The molecule has 0 radical (unpaired) electrons. The highest BCUT2D eigenvalue weighted by molar-refractivity contribution is 6.22. The lowest BCUT2D eigenvalue weighted by Gasteiger charge is -2.24. The van der Waals surface area contributed by atoms with Crippen LogP contribution in [0.2, 0.25) is 0 Å². The Labute approximate surface area is 87.4 Å². The van der Waals surface area contributed by atoms with Gasteiger partial charge in [-0.2, -0.15) is 0 Å². The predicted octanol–water partition coefficient (Wildman–Crippen LogP) is 2.55. The second-order valence-corrected chi connectivity index (χ2v) is 4.18. The van der Waals surface area contributed by atoms with Gasteiger partial charge in [-0.3, -0.25) is 5.21 Å². The first kappa shape index (κ1) is 9.77. The van der Waals surface area contributed by atoms with Crippen LogP contribution in [0.1, 0.15) is 12.0 Å². The Kier molecular flexibility index (Phi) is 2.63. The molecule has 1 fully saturated rings. The third-order valence-corrected chi connectivity index (χ3v) is 3.05. The van der Waals surface area contributed by atoms with Crippen molar-refractivity contribution in [3.05, 3.63) is 35.0 Å². The van der Waals surface area contributed by atoms with Gasteiger partial charge < -0.3 is 10.4 Å². The first-order valence-electron chi connectivity index (χ1n) is 4.56. The Morgan fingerprint density at radius 3 is 2.71 bits per heavy atom. The van der Waals surface area contributed by atoms with Gasteiger partial charge in [-0.1, -0.05) is 18.2 Å². The molecule has 1 aliphatic rings. The van der Waals surface area contributed by atoms with Gasteiger partial charge in [0.25, 0.3) is 0 Å². The van der Waals surface area contributed by atoms with Crippen LogP contribution < -0.4 is 5.23 Å². The molecule has 2 rings (SSSR count). The first-order chi connectivity index (χ1) is 6.68. The highest BCUT2D eigenvalue weighted by Crippen LogP contribution is 2.40. The maximum atomic E-state index is 10.8. The quantitative estimate of drug-likeness (QED) is 0.619. The number of benzene rings is 1. The second-order valence-electron chi connectivity index (χ2n) is 3.62. The lowest BCUT2D eigenvalue weighted by molar-refractivity contribution is 0.295. The van der Waals surface area contributed by atoms with Crippen LogP contribution in [-0.4, -0.2) is 10.6 Å². The molecule has 0 saturated heterocycles. The van der Waals surface area contributed by atoms with Crippen LogP contribution in [0.15, 0.2) is 24.3 Å². The van der Waals surface area contributed by atoms with E-state index < -0.39 is 0 Å². The number of nitrogens with zero attached hydrogens (tertiary/aromatic N) is 1. The molecule has 1 N–H and O–H groups in total. The number of hydrogen-bond donors (Lipinski definition) is 1. The molecule has 4 heteroatoms. The molecule has 1 saturated carbocycles. The number of hydrogen-bond acceptors (Lipinski definition) is 3. The molecule has 1 aromatic rings. The Hall–Kier alpha value is -0.770. The summed E-state index contributed by atoms with van der Waals surface area (Å²) in [5.74, 6) is 0.456. The van der Waals surface area contributed by atoms with E-state index in [2.05, 4.69) is 0 Å². The van der Waals surface area contributed by atoms with E-state index in [4.69, 9.17) is 16.8 Å². The van der Waals surface area contributed by atoms with E-state index in [1.165, 1.54) is 0 Å². The topological polar surface area (TPSA) is 46.5 Å². The predicted molar refractivity (Wildman–Crippen MR) is 55.5 cm³/mol. The minimum atomic E-state index is -0.0824. The molecule has 1 aliphatic carbocycles. The van der Waals surface area contributed by atoms with Gasteiger partial charge in [0.05, 0.1) is 5.69 Å². The van der Waals surface area contributed by atoms with E-state index in [-0.39, 0.29) is 10.6 Å². The number of anilines is 1. The van der Waals surface area contributed by atoms with Gasteiger partial charge in [0, 0.05) is 5.38 Å². The molecule has 0 aromatic heterocycles. The Morgan fingerprint density at radius 2 is 2.14 bits per heavy atom. The molecule has 0 unspecified atom stereocenters. The summed E-state index contributed by atoms with van der Waals surface area (Å²) in [6.07, 6.45) is 1.77. The van der Waals surface area contributed by atoms with Gasteiger partial charge >= 0.3 is 0 Å². The zero-order chi connectivity index (χ0) is 10.1. The van der Waals surface area contributed by atoms with E-state index in [9.17, 15) is 5.21 Å². The fraction of sp³-hybridized carbons (Fsp3) is 0.400. The average Bonchev–Trinajstić information content (AvgIpc) is 2.82. The van der Waals surface area contributed by atoms with Crippen molar-refractivity contribution in [1.29, 1.82) is 0 Å². The van der Waals surface area contributed by atoms with Gasteiger partial charge in [0.2, 0.25) is 0 Å². The van der Waals surface area contributed by atoms with E-state index >= 15 is 0 Å². The highest BCUT2D eigenvalue weighted by atomic mass is 35.5. The van der Waals surface area contributed by atoms with Gasteiger partial charge in [-0.25, -0.2) is 0 Å². The van der Waals surface area contributed by atoms with Crippen LogP contribution in [0.3, 0.4) is 0 Å². The minimum Gasteiger partial charge on any atom is -0.733 e. The lowest BCUT2D eigenvalue weighted by atomic mass is 10.1. The van der Waals surface area contributed by atoms with Crippen molar-refractivity contribution in [2.45, 2.75) is 18.2 Å². The van der Waals surface area contributed by atoms with E-state index in [1.54, 1.807) is 12.1 Å². The van der Waals surface area contributed by atoms with Crippen molar-refractivity contribution in [3.8, 4) is 0 Å². The normalized spacial score (nSPS) is 24.8. The fourth-order valence-corrected chi connectivity index (χ4v) is 1.89. The van der Waals surface area contributed by atoms with Crippen LogP contribution in [0.5, 0.6) is 0 Å². The number of rotatable bonds is 3. The monoisotopic (exact) mass is 212 g/mol. The van der Waals surface area contributed by atoms with Gasteiger partial charge in [-0.15, -0.1) is 11.6 Å². The standard InChI is InChI=1S/C10H11ClNO2/c11-9-6-8(9)5-7-3-1-2-4-10(7)12(13)14/h1-4,8-9,13H,5-6H2/q-1/t8-,9+/m0/s1. The van der Waals surface area contributed by atoms with Gasteiger partial charge in [0.15, 0.2) is 0 Å². The Morgan fingerprint density at radius 1 is 1.50 bits per heavy atom. The maximum Gasteiger partial charge on any atom is 0.0540 e. The number of alkyl halides is 1. The maximum absolute atomic E-state index is 10.8. The molecule has 0 spiro atoms. The summed E-state index contributed by atoms with van der Waals surface area (Å²) in [6.45, 7) is 0. The van der Waals surface area contributed by atoms with Crippen LogP contribution in [0.4, 0.5) is 5.69 Å². The molecular formula is C10H11ClNO2-. The van der Waals surface area contributed by atoms with Crippen molar-refractivity contribution < 1.29 is 5.21 Å². The highest BCUT2D eigenvalue weighted by Gasteiger charge is 2.35. The van der Waals surface area contributed by atoms with Crippen molar-refractivity contribution in [2.75, 3.05) is 5.23 Å². The average molecular weight is 213 g/mol. The van der Waals surface area contributed by atoms with E-state index in [1.807, 2.05) is 12.1 Å². The molecule has 0 bridgehead atoms. The minimum absolute atomic E-state index is 0.0824. The summed E-state index contributed by atoms with van der Waals surface area (Å²) in [4.78, 5) is 0. The molecule has 0 aliphatic heterocycles. The molecular weight excluding hydrogens is 202 g/mol. The number of para-hydroxylation sites is 1. The molecule has 0 heterocycles. The van der Waals surface area contributed by atoms with Crippen molar-refractivity contribution >= 4 is 17.3 Å². The molecule has 2 atom stereocenters. The fourth-order valence-electron chi connectivity index (χ4n) is 1.57. The number of halogens is 1. The summed E-state index contributed by atoms with van der Waals surface area (Å²) in [5.41, 5.74) is 1.18.